The number of nitrogens with one attached hydrogen (secondary N) is 2. The molecule has 0 spiro atoms. The van der Waals surface area contributed by atoms with Crippen LogP contribution in [-0.2, 0) is 7.05 Å². The minimum atomic E-state index is -4.88. The van der Waals surface area contributed by atoms with Crippen LogP contribution in [0, 0.1) is 0 Å². The lowest BCUT2D eigenvalue weighted by atomic mass is 10.3. The third-order valence-corrected chi connectivity index (χ3v) is 4.93. The average Bonchev–Trinajstić information content (AvgIpc) is 3.08. The Kier molecular flexibility index (Phi) is 6.20. The first kappa shape index (κ1) is 23.2. The second-order valence-corrected chi connectivity index (χ2v) is 7.45. The van der Waals surface area contributed by atoms with Gasteiger partial charge in [-0.1, -0.05) is 11.6 Å². The molecule has 0 unspecified atom stereocenters. The molecule has 0 saturated heterocycles. The van der Waals surface area contributed by atoms with Crippen LogP contribution in [0.3, 0.4) is 0 Å². The van der Waals surface area contributed by atoms with Crippen molar-refractivity contribution in [1.82, 2.24) is 19.9 Å². The summed E-state index contributed by atoms with van der Waals surface area (Å²) in [5, 5.41) is 5.43. The van der Waals surface area contributed by atoms with Crippen molar-refractivity contribution in [2.45, 2.75) is 6.36 Å². The van der Waals surface area contributed by atoms with E-state index < -0.39 is 12.1 Å². The van der Waals surface area contributed by atoms with Crippen molar-refractivity contribution in [2.24, 2.45) is 7.05 Å². The summed E-state index contributed by atoms with van der Waals surface area (Å²) in [5.74, 6) is 0.279. The highest BCUT2D eigenvalue weighted by Crippen LogP contribution is 2.35. The van der Waals surface area contributed by atoms with E-state index in [1.807, 2.05) is 0 Å². The van der Waals surface area contributed by atoms with Gasteiger partial charge in [-0.05, 0) is 30.3 Å². The van der Waals surface area contributed by atoms with Crippen LogP contribution in [0.25, 0.3) is 11.0 Å². The predicted molar refractivity (Wildman–Crippen MR) is 120 cm³/mol. The van der Waals surface area contributed by atoms with Gasteiger partial charge in [-0.15, -0.1) is 13.2 Å². The van der Waals surface area contributed by atoms with E-state index in [2.05, 4.69) is 25.3 Å². The fourth-order valence-corrected chi connectivity index (χ4v) is 3.31. The summed E-state index contributed by atoms with van der Waals surface area (Å²) < 4.78 is 50.0. The summed E-state index contributed by atoms with van der Waals surface area (Å²) >= 11 is 5.83. The fourth-order valence-electron chi connectivity index (χ4n) is 3.15. The maximum absolute atomic E-state index is 12.8. The highest BCUT2D eigenvalue weighted by atomic mass is 35.5. The number of hydrogen-bond donors (Lipinski definition) is 2. The second kappa shape index (κ2) is 9.10. The van der Waals surface area contributed by atoms with Gasteiger partial charge in [-0.2, -0.15) is 0 Å². The van der Waals surface area contributed by atoms with E-state index in [1.54, 1.807) is 35.9 Å². The molecule has 12 heteroatoms. The van der Waals surface area contributed by atoms with E-state index in [-0.39, 0.29) is 28.3 Å². The molecule has 176 valence electrons. The molecule has 1 amide bonds. The number of nitrogens with zero attached hydrogens (tertiary/aromatic N) is 3. The molecule has 2 heterocycles. The van der Waals surface area contributed by atoms with Gasteiger partial charge in [-0.25, -0.2) is 4.98 Å². The van der Waals surface area contributed by atoms with Gasteiger partial charge in [0.15, 0.2) is 5.75 Å². The molecule has 0 saturated carbocycles. The van der Waals surface area contributed by atoms with Crippen molar-refractivity contribution in [3.63, 3.8) is 0 Å². The Hall–Kier alpha value is -3.99. The fraction of sp³-hybridized carbons (Fsp3) is 0.136. The van der Waals surface area contributed by atoms with Crippen LogP contribution < -0.4 is 20.1 Å². The Morgan fingerprint density at radius 3 is 2.59 bits per heavy atom. The van der Waals surface area contributed by atoms with Gasteiger partial charge in [0, 0.05) is 43.5 Å². The highest BCUT2D eigenvalue weighted by molar-refractivity contribution is 6.30. The van der Waals surface area contributed by atoms with E-state index in [1.165, 1.54) is 31.4 Å². The summed E-state index contributed by atoms with van der Waals surface area (Å²) in [6.07, 6.45) is -3.43. The minimum Gasteiger partial charge on any atom is -0.457 e. The first-order valence-electron chi connectivity index (χ1n) is 9.78. The molecule has 4 rings (SSSR count). The number of pyridine rings is 1. The molecular weight excluding hydrogens is 475 g/mol. The Bertz CT molecular complexity index is 1370. The lowest BCUT2D eigenvalue weighted by molar-refractivity contribution is -0.274. The number of fused-ring (bicyclic) bond motifs is 1. The number of aryl methyl sites for hydroxylation is 1. The largest absolute Gasteiger partial charge is 0.573 e. The number of anilines is 2. The Morgan fingerprint density at radius 2 is 1.85 bits per heavy atom. The van der Waals surface area contributed by atoms with Crippen molar-refractivity contribution < 1.29 is 27.4 Å². The molecule has 8 nitrogen and oxygen atoms in total. The van der Waals surface area contributed by atoms with Crippen molar-refractivity contribution in [3.05, 3.63) is 65.4 Å². The standard InChI is InChI=1S/C22H17ClF3N5O3/c1-27-20(32)17-11-14(7-8-28-17)33-13-4-6-18-16(10-13)30-21(31(18)2)29-15-5-3-12(23)9-19(15)34-22(24,25)26/h3-11H,1-2H3,(H,27,32)(H,29,30). The number of carbonyl (C=O) groups is 1. The number of amides is 1. The molecule has 34 heavy (non-hydrogen) atoms. The van der Waals surface area contributed by atoms with Crippen LogP contribution in [-0.4, -0.2) is 33.9 Å². The molecular formula is C22H17ClF3N5O3. The molecule has 0 aliphatic carbocycles. The van der Waals surface area contributed by atoms with E-state index >= 15 is 0 Å². The lowest BCUT2D eigenvalue weighted by Gasteiger charge is -2.14. The van der Waals surface area contributed by atoms with Gasteiger partial charge in [0.2, 0.25) is 5.95 Å². The summed E-state index contributed by atoms with van der Waals surface area (Å²) in [5.41, 5.74) is 1.46. The zero-order chi connectivity index (χ0) is 24.5. The number of aromatic nitrogens is 3. The molecule has 0 fully saturated rings. The zero-order valence-electron chi connectivity index (χ0n) is 17.8. The summed E-state index contributed by atoms with van der Waals surface area (Å²) in [6, 6.07) is 12.1. The number of rotatable bonds is 6. The molecule has 0 aliphatic rings. The van der Waals surface area contributed by atoms with E-state index in [4.69, 9.17) is 16.3 Å². The monoisotopic (exact) mass is 491 g/mol. The number of alkyl halides is 3. The van der Waals surface area contributed by atoms with Gasteiger partial charge in [0.25, 0.3) is 5.91 Å². The van der Waals surface area contributed by atoms with Crippen LogP contribution in [0.2, 0.25) is 5.02 Å². The van der Waals surface area contributed by atoms with Crippen molar-refractivity contribution >= 4 is 40.2 Å². The van der Waals surface area contributed by atoms with Gasteiger partial charge < -0.3 is 24.7 Å². The van der Waals surface area contributed by atoms with Crippen molar-refractivity contribution in [2.75, 3.05) is 12.4 Å². The maximum Gasteiger partial charge on any atom is 0.573 e. The number of carbonyl (C=O) groups excluding carboxylic acids is 1. The Morgan fingerprint density at radius 1 is 1.09 bits per heavy atom. The normalized spacial score (nSPS) is 11.4. The summed E-state index contributed by atoms with van der Waals surface area (Å²) in [7, 11) is 3.21. The van der Waals surface area contributed by atoms with Crippen LogP contribution in [0.1, 0.15) is 10.5 Å². The molecule has 4 aromatic rings. The molecule has 2 N–H and O–H groups in total. The minimum absolute atomic E-state index is 0.0371. The van der Waals surface area contributed by atoms with Gasteiger partial charge >= 0.3 is 6.36 Å². The summed E-state index contributed by atoms with van der Waals surface area (Å²) in [4.78, 5) is 20.2. The number of hydrogen-bond acceptors (Lipinski definition) is 6. The van der Waals surface area contributed by atoms with Gasteiger partial charge in [-0.3, -0.25) is 9.78 Å². The van der Waals surface area contributed by atoms with Crippen LogP contribution in [0.15, 0.2) is 54.7 Å². The third-order valence-electron chi connectivity index (χ3n) is 4.69. The number of halogens is 4. The first-order valence-corrected chi connectivity index (χ1v) is 10.2. The van der Waals surface area contributed by atoms with Crippen LogP contribution >= 0.6 is 11.6 Å². The quantitative estimate of drug-likeness (QED) is 0.374. The van der Waals surface area contributed by atoms with Gasteiger partial charge in [0.05, 0.1) is 16.7 Å². The summed E-state index contributed by atoms with van der Waals surface area (Å²) in [6.45, 7) is 0. The topological polar surface area (TPSA) is 90.3 Å². The first-order chi connectivity index (χ1) is 16.1. The van der Waals surface area contributed by atoms with Gasteiger partial charge in [0.1, 0.15) is 17.2 Å². The molecule has 0 radical (unpaired) electrons. The maximum atomic E-state index is 12.8. The zero-order valence-corrected chi connectivity index (χ0v) is 18.5. The Balaban J connectivity index is 1.62. The predicted octanol–water partition coefficient (Wildman–Crippen LogP) is 5.42. The van der Waals surface area contributed by atoms with Crippen LogP contribution in [0.5, 0.6) is 17.2 Å². The van der Waals surface area contributed by atoms with Crippen molar-refractivity contribution in [1.29, 1.82) is 0 Å². The van der Waals surface area contributed by atoms with Crippen molar-refractivity contribution in [3.8, 4) is 17.2 Å². The Labute approximate surface area is 196 Å². The van der Waals surface area contributed by atoms with E-state index in [9.17, 15) is 18.0 Å². The molecule has 2 aromatic carbocycles. The molecule has 0 aliphatic heterocycles. The van der Waals surface area contributed by atoms with E-state index in [0.717, 1.165) is 6.07 Å². The number of imidazole rings is 1. The second-order valence-electron chi connectivity index (χ2n) is 7.02. The lowest BCUT2D eigenvalue weighted by Crippen LogP contribution is -2.18. The highest BCUT2D eigenvalue weighted by Gasteiger charge is 2.32. The SMILES string of the molecule is CNC(=O)c1cc(Oc2ccc3c(c2)nc(Nc2ccc(Cl)cc2OC(F)(F)F)n3C)ccn1. The number of ether oxygens (including phenoxy) is 2. The number of benzene rings is 2. The smallest absolute Gasteiger partial charge is 0.457 e. The molecule has 2 aromatic heterocycles. The third kappa shape index (κ3) is 5.15. The molecule has 0 atom stereocenters. The molecule has 0 bridgehead atoms. The van der Waals surface area contributed by atoms with E-state index in [0.29, 0.717) is 22.5 Å². The average molecular weight is 492 g/mol. The van der Waals surface area contributed by atoms with Crippen LogP contribution in [0.4, 0.5) is 24.8 Å².